The van der Waals surface area contributed by atoms with Gasteiger partial charge in [-0.05, 0) is 24.7 Å². The quantitative estimate of drug-likeness (QED) is 0.0802. The van der Waals surface area contributed by atoms with Gasteiger partial charge in [0.15, 0.2) is 0 Å². The number of carbonyl (C=O) groups is 1. The average molecular weight is 580 g/mol. The summed E-state index contributed by atoms with van der Waals surface area (Å²) in [6.07, 6.45) is 39.9. The molecule has 3 atom stereocenters. The van der Waals surface area contributed by atoms with Gasteiger partial charge in [-0.3, -0.25) is 4.79 Å². The number of aliphatic carboxylic acids is 1. The maximum absolute atomic E-state index is 11.9. The Hall–Kier alpha value is -0.610. The van der Waals surface area contributed by atoms with E-state index in [-0.39, 0.29) is 5.92 Å². The zero-order valence-electron chi connectivity index (χ0n) is 27.9. The number of hydrogen-bond acceptors (Lipinski definition) is 3. The predicted molar refractivity (Wildman–Crippen MR) is 177 cm³/mol. The molecule has 4 nitrogen and oxygen atoms in total. The lowest BCUT2D eigenvalue weighted by atomic mass is 9.83. The maximum atomic E-state index is 11.9. The van der Waals surface area contributed by atoms with Crippen molar-refractivity contribution in [2.24, 2.45) is 11.8 Å². The molecule has 41 heavy (non-hydrogen) atoms. The van der Waals surface area contributed by atoms with Crippen LogP contribution in [0.5, 0.6) is 0 Å². The Kier molecular flexibility index (Phi) is 26.4. The summed E-state index contributed by atoms with van der Waals surface area (Å²) < 4.78 is 0. The van der Waals surface area contributed by atoms with Crippen molar-refractivity contribution < 1.29 is 15.1 Å². The van der Waals surface area contributed by atoms with Crippen LogP contribution >= 0.6 is 0 Å². The molecule has 0 aromatic carbocycles. The van der Waals surface area contributed by atoms with Gasteiger partial charge in [-0.15, -0.1) is 0 Å². The van der Waals surface area contributed by atoms with Crippen LogP contribution in [0.25, 0.3) is 0 Å². The topological polar surface area (TPSA) is 60.8 Å². The van der Waals surface area contributed by atoms with Gasteiger partial charge in [-0.2, -0.15) is 5.06 Å². The molecule has 0 saturated carbocycles. The van der Waals surface area contributed by atoms with Crippen LogP contribution < -0.4 is 0 Å². The molecule has 0 amide bonds. The lowest BCUT2D eigenvalue weighted by Crippen LogP contribution is -2.37. The van der Waals surface area contributed by atoms with Crippen molar-refractivity contribution in [3.8, 4) is 0 Å². The third-order valence-electron chi connectivity index (χ3n) is 9.83. The van der Waals surface area contributed by atoms with Crippen molar-refractivity contribution in [3.05, 3.63) is 0 Å². The second-order valence-corrected chi connectivity index (χ2v) is 13.6. The van der Waals surface area contributed by atoms with Crippen molar-refractivity contribution in [3.63, 3.8) is 0 Å². The van der Waals surface area contributed by atoms with Crippen molar-refractivity contribution in [1.82, 2.24) is 5.06 Å². The van der Waals surface area contributed by atoms with Crippen LogP contribution in [-0.2, 0) is 4.79 Å². The minimum atomic E-state index is -0.841. The van der Waals surface area contributed by atoms with Gasteiger partial charge in [0.05, 0.1) is 0 Å². The fraction of sp³-hybridized carbons (Fsp3) is 0.973. The van der Waals surface area contributed by atoms with Crippen LogP contribution in [0.2, 0.25) is 0 Å². The molecular formula is C37H73NO3. The standard InChI is InChI=1S/C37H73NO3/c1-3-5-7-9-11-13-15-17-19-21-23-25-27-29-31-34-33-38(41)36(37(39)40)35(34)32-30-28-26-24-22-20-18-16-14-12-10-8-6-4-2/h34-36,41H,3-33H2,1-2H3,(H,39,40). The highest BCUT2D eigenvalue weighted by Crippen LogP contribution is 2.36. The SMILES string of the molecule is CCCCCCCCCCCCCCCCC1CN(O)C(C(=O)O)C1CCCCCCCCCCCCCCCC. The number of carboxylic acid groups (broad SMARTS) is 1. The summed E-state index contributed by atoms with van der Waals surface area (Å²) in [5.74, 6) is -0.400. The number of hydroxylamine groups is 2. The Morgan fingerprint density at radius 3 is 1.12 bits per heavy atom. The second kappa shape index (κ2) is 28.2. The fourth-order valence-electron chi connectivity index (χ4n) is 7.15. The summed E-state index contributed by atoms with van der Waals surface area (Å²) in [6.45, 7) is 5.10. The van der Waals surface area contributed by atoms with E-state index in [4.69, 9.17) is 0 Å². The van der Waals surface area contributed by atoms with Crippen LogP contribution in [0.3, 0.4) is 0 Å². The molecule has 1 heterocycles. The Bertz CT molecular complexity index is 568. The largest absolute Gasteiger partial charge is 0.480 e. The van der Waals surface area contributed by atoms with Crippen LogP contribution in [0.4, 0.5) is 0 Å². The van der Waals surface area contributed by atoms with E-state index in [0.29, 0.717) is 12.5 Å². The molecule has 0 aromatic heterocycles. The third-order valence-corrected chi connectivity index (χ3v) is 9.83. The van der Waals surface area contributed by atoms with E-state index in [0.717, 1.165) is 24.3 Å². The van der Waals surface area contributed by atoms with Crippen molar-refractivity contribution in [2.45, 2.75) is 213 Å². The highest BCUT2D eigenvalue weighted by Gasteiger charge is 2.44. The van der Waals surface area contributed by atoms with Crippen LogP contribution in [0.1, 0.15) is 206 Å². The van der Waals surface area contributed by atoms with Crippen LogP contribution in [0, 0.1) is 11.8 Å². The van der Waals surface area contributed by atoms with Crippen molar-refractivity contribution in [1.29, 1.82) is 0 Å². The second-order valence-electron chi connectivity index (χ2n) is 13.6. The highest BCUT2D eigenvalue weighted by atomic mass is 16.5. The molecule has 0 bridgehead atoms. The number of hydrogen-bond donors (Lipinski definition) is 2. The van der Waals surface area contributed by atoms with E-state index in [9.17, 15) is 15.1 Å². The van der Waals surface area contributed by atoms with Gasteiger partial charge in [0.2, 0.25) is 0 Å². The first-order valence-corrected chi connectivity index (χ1v) is 18.8. The number of nitrogens with zero attached hydrogens (tertiary/aromatic N) is 1. The maximum Gasteiger partial charge on any atom is 0.323 e. The molecule has 1 fully saturated rings. The van der Waals surface area contributed by atoms with E-state index < -0.39 is 12.0 Å². The fourth-order valence-corrected chi connectivity index (χ4v) is 7.15. The van der Waals surface area contributed by atoms with Crippen LogP contribution in [-0.4, -0.2) is 33.9 Å². The van der Waals surface area contributed by atoms with Gasteiger partial charge >= 0.3 is 5.97 Å². The van der Waals surface area contributed by atoms with Gasteiger partial charge in [0.1, 0.15) is 6.04 Å². The zero-order chi connectivity index (χ0) is 29.8. The third kappa shape index (κ3) is 20.9. The van der Waals surface area contributed by atoms with Gasteiger partial charge in [0, 0.05) is 6.54 Å². The summed E-state index contributed by atoms with van der Waals surface area (Å²) >= 11 is 0. The van der Waals surface area contributed by atoms with Gasteiger partial charge in [-0.25, -0.2) is 0 Å². The van der Waals surface area contributed by atoms with E-state index in [1.165, 1.54) is 173 Å². The molecule has 1 aliphatic rings. The summed E-state index contributed by atoms with van der Waals surface area (Å²) in [5.41, 5.74) is 0. The summed E-state index contributed by atoms with van der Waals surface area (Å²) in [5, 5.41) is 21.3. The van der Waals surface area contributed by atoms with Crippen molar-refractivity contribution in [2.75, 3.05) is 6.54 Å². The molecule has 0 radical (unpaired) electrons. The van der Waals surface area contributed by atoms with E-state index in [1.54, 1.807) is 0 Å². The molecule has 1 rings (SSSR count). The van der Waals surface area contributed by atoms with Gasteiger partial charge in [-0.1, -0.05) is 194 Å². The first kappa shape index (κ1) is 38.4. The van der Waals surface area contributed by atoms with E-state index in [1.807, 2.05) is 0 Å². The Labute approximate surface area is 256 Å². The minimum Gasteiger partial charge on any atom is -0.480 e. The average Bonchev–Trinajstić information content (AvgIpc) is 3.28. The Balaban J connectivity index is 2.06. The van der Waals surface area contributed by atoms with Gasteiger partial charge < -0.3 is 10.3 Å². The lowest BCUT2D eigenvalue weighted by Gasteiger charge is -2.22. The van der Waals surface area contributed by atoms with Crippen molar-refractivity contribution >= 4 is 5.97 Å². The number of rotatable bonds is 31. The molecule has 1 aliphatic heterocycles. The van der Waals surface area contributed by atoms with Crippen LogP contribution in [0.15, 0.2) is 0 Å². The van der Waals surface area contributed by atoms with E-state index in [2.05, 4.69) is 13.8 Å². The molecule has 1 saturated heterocycles. The highest BCUT2D eigenvalue weighted by molar-refractivity contribution is 5.74. The molecule has 3 unspecified atom stereocenters. The first-order valence-electron chi connectivity index (χ1n) is 18.8. The molecule has 0 aliphatic carbocycles. The predicted octanol–water partition coefficient (Wildman–Crippen LogP) is 12.1. The molecule has 4 heteroatoms. The smallest absolute Gasteiger partial charge is 0.323 e. The molecule has 0 aromatic rings. The Morgan fingerprint density at radius 2 is 0.805 bits per heavy atom. The first-order chi connectivity index (χ1) is 20.1. The Morgan fingerprint density at radius 1 is 0.512 bits per heavy atom. The summed E-state index contributed by atoms with van der Waals surface area (Å²) in [6, 6.07) is -0.700. The molecule has 2 N–H and O–H groups in total. The molecule has 0 spiro atoms. The zero-order valence-corrected chi connectivity index (χ0v) is 27.9. The summed E-state index contributed by atoms with van der Waals surface area (Å²) in [4.78, 5) is 11.9. The summed E-state index contributed by atoms with van der Waals surface area (Å²) in [7, 11) is 0. The number of carboxylic acids is 1. The molecular weight excluding hydrogens is 506 g/mol. The molecule has 244 valence electrons. The monoisotopic (exact) mass is 580 g/mol. The van der Waals surface area contributed by atoms with Gasteiger partial charge in [0.25, 0.3) is 0 Å². The number of unbranched alkanes of at least 4 members (excludes halogenated alkanes) is 26. The normalized spacial score (nSPS) is 19.3. The lowest BCUT2D eigenvalue weighted by molar-refractivity contribution is -0.164. The minimum absolute atomic E-state index is 0.108. The van der Waals surface area contributed by atoms with E-state index >= 15 is 0 Å².